The Morgan fingerprint density at radius 1 is 1.36 bits per heavy atom. The summed E-state index contributed by atoms with van der Waals surface area (Å²) >= 11 is 1.78. The van der Waals surface area contributed by atoms with Crippen molar-refractivity contribution in [1.82, 2.24) is 15.2 Å². The van der Waals surface area contributed by atoms with Gasteiger partial charge in [-0.15, -0.1) is 11.3 Å². The van der Waals surface area contributed by atoms with Gasteiger partial charge in [0.1, 0.15) is 0 Å². The van der Waals surface area contributed by atoms with E-state index in [0.717, 1.165) is 50.9 Å². The number of amides is 1. The first-order valence-electron chi connectivity index (χ1n) is 9.24. The van der Waals surface area contributed by atoms with E-state index in [1.165, 1.54) is 17.7 Å². The second-order valence-electron chi connectivity index (χ2n) is 6.67. The third kappa shape index (κ3) is 5.37. The van der Waals surface area contributed by atoms with Crippen LogP contribution in [0, 0.1) is 0 Å². The van der Waals surface area contributed by atoms with Crippen molar-refractivity contribution in [3.8, 4) is 0 Å². The number of nitrogens with zero attached hydrogens (tertiary/aromatic N) is 3. The first-order chi connectivity index (χ1) is 12.3. The molecule has 1 amide bonds. The Bertz CT molecular complexity index is 547. The molecule has 1 aromatic rings. The van der Waals surface area contributed by atoms with Gasteiger partial charge >= 0.3 is 0 Å². The predicted octanol–water partition coefficient (Wildman–Crippen LogP) is 0.799. The highest BCUT2D eigenvalue weighted by Crippen LogP contribution is 2.26. The number of anilines is 1. The minimum Gasteiger partial charge on any atom is -0.378 e. The summed E-state index contributed by atoms with van der Waals surface area (Å²) in [4.78, 5) is 22.4. The number of nitrogens with one attached hydrogen (secondary N) is 1. The fourth-order valence-corrected chi connectivity index (χ4v) is 4.41. The molecule has 2 aliphatic rings. The van der Waals surface area contributed by atoms with Crippen molar-refractivity contribution in [1.29, 1.82) is 0 Å². The number of hydrogen-bond donors (Lipinski definition) is 2. The Labute approximate surface area is 153 Å². The number of carbonyl (C=O) groups excluding carboxylic acids is 1. The van der Waals surface area contributed by atoms with E-state index in [1.807, 2.05) is 6.20 Å². The molecule has 0 radical (unpaired) electrons. The van der Waals surface area contributed by atoms with Gasteiger partial charge in [0.25, 0.3) is 0 Å². The lowest BCUT2D eigenvalue weighted by atomic mass is 10.0. The van der Waals surface area contributed by atoms with Crippen LogP contribution in [0.25, 0.3) is 0 Å². The predicted molar refractivity (Wildman–Crippen MR) is 99.9 cm³/mol. The number of thiazole rings is 1. The third-order valence-electron chi connectivity index (χ3n) is 4.84. The van der Waals surface area contributed by atoms with Crippen LogP contribution in [0.1, 0.15) is 30.6 Å². The van der Waals surface area contributed by atoms with Crippen LogP contribution in [-0.2, 0) is 16.1 Å². The highest BCUT2D eigenvalue weighted by molar-refractivity contribution is 7.15. The molecule has 0 bridgehead atoms. The first-order valence-corrected chi connectivity index (χ1v) is 10.1. The normalized spacial score (nSPS) is 22.1. The molecular weight excluding hydrogens is 338 g/mol. The largest absolute Gasteiger partial charge is 0.378 e. The molecule has 2 saturated heterocycles. The molecule has 25 heavy (non-hydrogen) atoms. The Kier molecular flexibility index (Phi) is 7.03. The summed E-state index contributed by atoms with van der Waals surface area (Å²) in [5.41, 5.74) is 5.44. The highest BCUT2D eigenvalue weighted by atomic mass is 32.1. The quantitative estimate of drug-likeness (QED) is 0.742. The summed E-state index contributed by atoms with van der Waals surface area (Å²) in [5, 5.41) is 4.13. The van der Waals surface area contributed by atoms with Gasteiger partial charge in [0.05, 0.1) is 13.2 Å². The summed E-state index contributed by atoms with van der Waals surface area (Å²) in [7, 11) is 0. The molecule has 3 N–H and O–H groups in total. The molecule has 2 aliphatic heterocycles. The number of likely N-dealkylation sites (tertiary alicyclic amines) is 1. The van der Waals surface area contributed by atoms with Gasteiger partial charge in [-0.05, 0) is 19.4 Å². The van der Waals surface area contributed by atoms with Crippen LogP contribution in [0.3, 0.4) is 0 Å². The molecule has 1 unspecified atom stereocenters. The lowest BCUT2D eigenvalue weighted by Gasteiger charge is -2.35. The van der Waals surface area contributed by atoms with Gasteiger partial charge in [0.15, 0.2) is 5.13 Å². The van der Waals surface area contributed by atoms with E-state index in [0.29, 0.717) is 25.6 Å². The molecule has 3 heterocycles. The number of aromatic nitrogens is 1. The van der Waals surface area contributed by atoms with Crippen molar-refractivity contribution in [3.05, 3.63) is 11.1 Å². The average Bonchev–Trinajstić information content (AvgIpc) is 3.11. The van der Waals surface area contributed by atoms with Crippen molar-refractivity contribution >= 4 is 22.4 Å². The van der Waals surface area contributed by atoms with Crippen LogP contribution in [-0.4, -0.2) is 67.8 Å². The van der Waals surface area contributed by atoms with Crippen LogP contribution < -0.4 is 16.0 Å². The fourth-order valence-electron chi connectivity index (χ4n) is 3.42. The van der Waals surface area contributed by atoms with Gasteiger partial charge < -0.3 is 20.7 Å². The monoisotopic (exact) mass is 367 g/mol. The van der Waals surface area contributed by atoms with E-state index in [4.69, 9.17) is 10.5 Å². The van der Waals surface area contributed by atoms with E-state index in [1.54, 1.807) is 11.3 Å². The number of nitrogens with two attached hydrogens (primary N) is 1. The van der Waals surface area contributed by atoms with E-state index in [9.17, 15) is 4.79 Å². The van der Waals surface area contributed by atoms with Gasteiger partial charge in [-0.1, -0.05) is 6.42 Å². The standard InChI is InChI=1S/C17H29N5O2S/c18-5-4-16(23)19-11-14-3-1-2-6-22(14)13-15-12-20-17(25-15)21-7-9-24-10-8-21/h12,14H,1-11,13,18H2,(H,19,23). The highest BCUT2D eigenvalue weighted by Gasteiger charge is 2.24. The average molecular weight is 368 g/mol. The molecule has 1 atom stereocenters. The second-order valence-corrected chi connectivity index (χ2v) is 7.77. The number of morpholine rings is 1. The van der Waals surface area contributed by atoms with Gasteiger partial charge in [0.2, 0.25) is 5.91 Å². The van der Waals surface area contributed by atoms with Crippen molar-refractivity contribution in [3.63, 3.8) is 0 Å². The number of carbonyl (C=O) groups is 1. The molecule has 0 aliphatic carbocycles. The summed E-state index contributed by atoms with van der Waals surface area (Å²) in [6.07, 6.45) is 6.01. The Hall–Kier alpha value is -1.22. The van der Waals surface area contributed by atoms with Crippen LogP contribution >= 0.6 is 11.3 Å². The molecule has 3 rings (SSSR count). The number of ether oxygens (including phenoxy) is 1. The summed E-state index contributed by atoms with van der Waals surface area (Å²) < 4.78 is 5.41. The van der Waals surface area contributed by atoms with Crippen LogP contribution in [0.4, 0.5) is 5.13 Å². The van der Waals surface area contributed by atoms with Crippen molar-refractivity contribution < 1.29 is 9.53 Å². The van der Waals surface area contributed by atoms with E-state index in [-0.39, 0.29) is 5.91 Å². The Morgan fingerprint density at radius 3 is 3.00 bits per heavy atom. The maximum atomic E-state index is 11.7. The number of hydrogen-bond acceptors (Lipinski definition) is 7. The van der Waals surface area contributed by atoms with Crippen LogP contribution in [0.5, 0.6) is 0 Å². The zero-order chi connectivity index (χ0) is 17.5. The van der Waals surface area contributed by atoms with Crippen molar-refractivity contribution in [2.75, 3.05) is 50.8 Å². The zero-order valence-electron chi connectivity index (χ0n) is 14.8. The number of rotatable bonds is 7. The second kappa shape index (κ2) is 9.47. The molecule has 7 nitrogen and oxygen atoms in total. The van der Waals surface area contributed by atoms with Gasteiger partial charge in [-0.25, -0.2) is 4.98 Å². The Morgan fingerprint density at radius 2 is 2.20 bits per heavy atom. The molecule has 0 spiro atoms. The maximum Gasteiger partial charge on any atom is 0.221 e. The molecule has 140 valence electrons. The maximum absolute atomic E-state index is 11.7. The number of piperidine rings is 1. The lowest BCUT2D eigenvalue weighted by molar-refractivity contribution is -0.121. The van der Waals surface area contributed by atoms with E-state index in [2.05, 4.69) is 20.1 Å². The minimum absolute atomic E-state index is 0.0559. The first kappa shape index (κ1) is 18.6. The Balaban J connectivity index is 1.54. The topological polar surface area (TPSA) is 83.7 Å². The molecular formula is C17H29N5O2S. The molecule has 0 saturated carbocycles. The lowest BCUT2D eigenvalue weighted by Crippen LogP contribution is -2.46. The summed E-state index contributed by atoms with van der Waals surface area (Å²) in [6, 6.07) is 0.407. The van der Waals surface area contributed by atoms with Crippen LogP contribution in [0.2, 0.25) is 0 Å². The summed E-state index contributed by atoms with van der Waals surface area (Å²) in [5.74, 6) is 0.0559. The molecule has 0 aromatic carbocycles. The van der Waals surface area contributed by atoms with Crippen molar-refractivity contribution in [2.24, 2.45) is 5.73 Å². The van der Waals surface area contributed by atoms with Gasteiger partial charge in [0, 0.05) is 56.3 Å². The molecule has 1 aromatic heterocycles. The van der Waals surface area contributed by atoms with Crippen molar-refractivity contribution in [2.45, 2.75) is 38.3 Å². The molecule has 2 fully saturated rings. The van der Waals surface area contributed by atoms with Crippen LogP contribution in [0.15, 0.2) is 6.20 Å². The SMILES string of the molecule is NCCC(=O)NCC1CCCCN1Cc1cnc(N2CCOCC2)s1. The van der Waals surface area contributed by atoms with E-state index < -0.39 is 0 Å². The zero-order valence-corrected chi connectivity index (χ0v) is 15.6. The minimum atomic E-state index is 0.0559. The summed E-state index contributed by atoms with van der Waals surface area (Å²) in [6.45, 7) is 6.54. The van der Waals surface area contributed by atoms with Gasteiger partial charge in [-0.3, -0.25) is 9.69 Å². The third-order valence-corrected chi connectivity index (χ3v) is 5.88. The smallest absolute Gasteiger partial charge is 0.221 e. The van der Waals surface area contributed by atoms with Gasteiger partial charge in [-0.2, -0.15) is 0 Å². The fraction of sp³-hybridized carbons (Fsp3) is 0.765. The molecule has 8 heteroatoms. The van der Waals surface area contributed by atoms with E-state index >= 15 is 0 Å².